The molecule has 1 rings (SSSR count). The molecule has 18 heavy (non-hydrogen) atoms. The molecule has 6 heteroatoms. The number of nitrogens with one attached hydrogen (secondary N) is 1. The van der Waals surface area contributed by atoms with Crippen molar-refractivity contribution in [2.75, 3.05) is 6.54 Å². The molecule has 0 aliphatic carbocycles. The van der Waals surface area contributed by atoms with Gasteiger partial charge in [0.15, 0.2) is 0 Å². The molecule has 0 bridgehead atoms. The van der Waals surface area contributed by atoms with Gasteiger partial charge in [-0.2, -0.15) is 11.3 Å². The second-order valence-corrected chi connectivity index (χ2v) is 5.06. The van der Waals surface area contributed by atoms with Crippen molar-refractivity contribution in [3.63, 3.8) is 0 Å². The third-order valence-corrected chi connectivity index (χ3v) is 3.18. The predicted molar refractivity (Wildman–Crippen MR) is 68.3 cm³/mol. The summed E-state index contributed by atoms with van der Waals surface area (Å²) in [7, 11) is 0. The Balaban J connectivity index is 2.26. The summed E-state index contributed by atoms with van der Waals surface area (Å²) in [5, 5.41) is 24.6. The lowest BCUT2D eigenvalue weighted by atomic mass is 10.0. The first-order valence-electron chi connectivity index (χ1n) is 5.67. The number of aliphatic carboxylic acids is 1. The zero-order valence-electron chi connectivity index (χ0n) is 10.1. The molecule has 2 atom stereocenters. The lowest BCUT2D eigenvalue weighted by molar-refractivity contribution is -0.138. The smallest absolute Gasteiger partial charge is 0.303 e. The minimum Gasteiger partial charge on any atom is -0.481 e. The number of hydrogen-bond acceptors (Lipinski definition) is 4. The average molecular weight is 271 g/mol. The van der Waals surface area contributed by atoms with Crippen molar-refractivity contribution in [1.82, 2.24) is 5.32 Å². The van der Waals surface area contributed by atoms with Crippen LogP contribution in [0.4, 0.5) is 0 Å². The molecule has 3 N–H and O–H groups in total. The van der Waals surface area contributed by atoms with E-state index >= 15 is 0 Å². The number of amides is 1. The van der Waals surface area contributed by atoms with E-state index in [9.17, 15) is 14.7 Å². The van der Waals surface area contributed by atoms with Gasteiger partial charge in [-0.25, -0.2) is 0 Å². The number of carboxylic acid groups (broad SMARTS) is 1. The van der Waals surface area contributed by atoms with Gasteiger partial charge in [0.05, 0.1) is 6.10 Å². The highest BCUT2D eigenvalue weighted by Gasteiger charge is 2.14. The zero-order valence-corrected chi connectivity index (χ0v) is 10.9. The van der Waals surface area contributed by atoms with Crippen LogP contribution >= 0.6 is 11.3 Å². The number of hydrogen-bond donors (Lipinski definition) is 3. The molecular formula is C12H17NO4S. The average Bonchev–Trinajstić information content (AvgIpc) is 2.77. The van der Waals surface area contributed by atoms with E-state index in [0.717, 1.165) is 5.56 Å². The van der Waals surface area contributed by atoms with E-state index in [0.29, 0.717) is 0 Å². The fourth-order valence-corrected chi connectivity index (χ4v) is 2.26. The predicted octanol–water partition coefficient (Wildman–Crippen LogP) is 1.40. The van der Waals surface area contributed by atoms with Crippen molar-refractivity contribution in [2.24, 2.45) is 5.92 Å². The molecule has 1 aromatic rings. The quantitative estimate of drug-likeness (QED) is 0.699. The summed E-state index contributed by atoms with van der Waals surface area (Å²) in [4.78, 5) is 21.9. The minimum absolute atomic E-state index is 0.0273. The number of carboxylic acids is 1. The molecule has 0 fully saturated rings. The Morgan fingerprint density at radius 2 is 2.17 bits per heavy atom. The number of aliphatic hydroxyl groups is 1. The summed E-state index contributed by atoms with van der Waals surface area (Å²) in [6.45, 7) is 1.86. The van der Waals surface area contributed by atoms with E-state index in [-0.39, 0.29) is 31.2 Å². The molecule has 100 valence electrons. The van der Waals surface area contributed by atoms with E-state index in [4.69, 9.17) is 5.11 Å². The minimum atomic E-state index is -0.909. The monoisotopic (exact) mass is 271 g/mol. The number of carbonyl (C=O) groups excluding carboxylic acids is 1. The van der Waals surface area contributed by atoms with E-state index in [2.05, 4.69) is 5.32 Å². The third-order valence-electron chi connectivity index (χ3n) is 2.48. The Labute approximate surface area is 109 Å². The van der Waals surface area contributed by atoms with Crippen LogP contribution in [0.25, 0.3) is 0 Å². The van der Waals surface area contributed by atoms with Crippen LogP contribution < -0.4 is 5.32 Å². The highest BCUT2D eigenvalue weighted by molar-refractivity contribution is 7.07. The fourth-order valence-electron chi connectivity index (χ4n) is 1.55. The Bertz CT molecular complexity index is 391. The molecule has 1 heterocycles. The molecule has 0 aliphatic rings. The topological polar surface area (TPSA) is 86.6 Å². The highest BCUT2D eigenvalue weighted by atomic mass is 32.1. The first-order valence-corrected chi connectivity index (χ1v) is 6.62. The van der Waals surface area contributed by atoms with Gasteiger partial charge >= 0.3 is 5.97 Å². The van der Waals surface area contributed by atoms with Crippen molar-refractivity contribution in [3.8, 4) is 0 Å². The van der Waals surface area contributed by atoms with Gasteiger partial charge in [0.2, 0.25) is 5.91 Å². The van der Waals surface area contributed by atoms with E-state index in [1.807, 2.05) is 10.8 Å². The number of rotatable bonds is 7. The molecule has 1 amide bonds. The molecule has 0 spiro atoms. The van der Waals surface area contributed by atoms with Crippen LogP contribution in [0.1, 0.15) is 31.4 Å². The van der Waals surface area contributed by atoms with Gasteiger partial charge in [-0.3, -0.25) is 9.59 Å². The Hall–Kier alpha value is -1.40. The van der Waals surface area contributed by atoms with Crippen molar-refractivity contribution in [3.05, 3.63) is 22.4 Å². The zero-order chi connectivity index (χ0) is 13.5. The van der Waals surface area contributed by atoms with Crippen LogP contribution in [0.2, 0.25) is 0 Å². The Kier molecular flexibility index (Phi) is 5.80. The summed E-state index contributed by atoms with van der Waals surface area (Å²) in [6, 6.07) is 1.80. The van der Waals surface area contributed by atoms with Crippen molar-refractivity contribution in [2.45, 2.75) is 25.9 Å². The summed E-state index contributed by atoms with van der Waals surface area (Å²) in [5.74, 6) is -1.35. The van der Waals surface area contributed by atoms with E-state index in [1.165, 1.54) is 11.3 Å². The van der Waals surface area contributed by atoms with Crippen LogP contribution in [-0.4, -0.2) is 28.6 Å². The van der Waals surface area contributed by atoms with Crippen molar-refractivity contribution < 1.29 is 19.8 Å². The molecule has 0 saturated heterocycles. The number of aliphatic hydroxyl groups excluding tert-OH is 1. The van der Waals surface area contributed by atoms with E-state index < -0.39 is 12.1 Å². The van der Waals surface area contributed by atoms with Crippen LogP contribution in [0.5, 0.6) is 0 Å². The normalized spacial score (nSPS) is 13.9. The maximum absolute atomic E-state index is 11.5. The van der Waals surface area contributed by atoms with Crippen LogP contribution in [0.15, 0.2) is 16.8 Å². The van der Waals surface area contributed by atoms with Crippen LogP contribution in [0, 0.1) is 5.92 Å². The lowest BCUT2D eigenvalue weighted by Crippen LogP contribution is -2.29. The third kappa shape index (κ3) is 5.29. The molecule has 0 radical (unpaired) electrons. The van der Waals surface area contributed by atoms with Gasteiger partial charge in [0.25, 0.3) is 0 Å². The van der Waals surface area contributed by atoms with E-state index in [1.54, 1.807) is 13.0 Å². The van der Waals surface area contributed by atoms with Gasteiger partial charge in [-0.05, 0) is 28.3 Å². The molecule has 5 nitrogen and oxygen atoms in total. The molecule has 0 saturated carbocycles. The second-order valence-electron chi connectivity index (χ2n) is 4.28. The second kappa shape index (κ2) is 7.13. The van der Waals surface area contributed by atoms with Gasteiger partial charge in [-0.1, -0.05) is 6.92 Å². The van der Waals surface area contributed by atoms with Crippen molar-refractivity contribution >= 4 is 23.2 Å². The molecule has 2 unspecified atom stereocenters. The molecule has 1 aromatic heterocycles. The number of carbonyl (C=O) groups is 2. The van der Waals surface area contributed by atoms with Gasteiger partial charge < -0.3 is 15.5 Å². The molecule has 0 aliphatic heterocycles. The lowest BCUT2D eigenvalue weighted by Gasteiger charge is -2.12. The molecular weight excluding hydrogens is 254 g/mol. The maximum Gasteiger partial charge on any atom is 0.303 e. The maximum atomic E-state index is 11.5. The largest absolute Gasteiger partial charge is 0.481 e. The van der Waals surface area contributed by atoms with Crippen LogP contribution in [-0.2, 0) is 9.59 Å². The summed E-state index contributed by atoms with van der Waals surface area (Å²) >= 11 is 1.48. The highest BCUT2D eigenvalue weighted by Crippen LogP contribution is 2.15. The van der Waals surface area contributed by atoms with Gasteiger partial charge in [0.1, 0.15) is 0 Å². The SMILES string of the molecule is CC(CC(=O)O)CC(=O)NCC(O)c1ccsc1. The Morgan fingerprint density at radius 3 is 2.72 bits per heavy atom. The van der Waals surface area contributed by atoms with Crippen LogP contribution in [0.3, 0.4) is 0 Å². The standard InChI is InChI=1S/C12H17NO4S/c1-8(5-12(16)17)4-11(15)13-6-10(14)9-2-3-18-7-9/h2-3,7-8,10,14H,4-6H2,1H3,(H,13,15)(H,16,17). The Morgan fingerprint density at radius 1 is 1.44 bits per heavy atom. The first-order chi connectivity index (χ1) is 8.49. The van der Waals surface area contributed by atoms with Crippen molar-refractivity contribution in [1.29, 1.82) is 0 Å². The summed E-state index contributed by atoms with van der Waals surface area (Å²) in [5.41, 5.74) is 0.777. The van der Waals surface area contributed by atoms with Gasteiger partial charge in [-0.15, -0.1) is 0 Å². The summed E-state index contributed by atoms with van der Waals surface area (Å²) in [6.07, 6.45) is -0.585. The first kappa shape index (κ1) is 14.7. The summed E-state index contributed by atoms with van der Waals surface area (Å²) < 4.78 is 0. The fraction of sp³-hybridized carbons (Fsp3) is 0.500. The van der Waals surface area contributed by atoms with Gasteiger partial charge in [0, 0.05) is 19.4 Å². The molecule has 0 aromatic carbocycles. The number of thiophene rings is 1.